The summed E-state index contributed by atoms with van der Waals surface area (Å²) >= 11 is 0. The number of ether oxygens (including phenoxy) is 1. The van der Waals surface area contributed by atoms with Crippen LogP contribution in [0.3, 0.4) is 0 Å². The molecule has 1 fully saturated rings. The van der Waals surface area contributed by atoms with Crippen LogP contribution in [0.5, 0.6) is 0 Å². The Hall–Kier alpha value is -2.54. The molecule has 1 saturated heterocycles. The van der Waals surface area contributed by atoms with Crippen LogP contribution < -0.4 is 10.6 Å². The van der Waals surface area contributed by atoms with E-state index in [1.54, 1.807) is 0 Å². The molecule has 0 aromatic heterocycles. The number of hydrogen-bond acceptors (Lipinski definition) is 2. The van der Waals surface area contributed by atoms with Crippen LogP contribution in [-0.4, -0.2) is 25.3 Å². The molecular weight excluding hydrogens is 381 g/mol. The average Bonchev–Trinajstić information content (AvgIpc) is 3.21. The molecule has 0 aliphatic carbocycles. The second-order valence-corrected chi connectivity index (χ2v) is 7.43. The third kappa shape index (κ3) is 5.97. The van der Waals surface area contributed by atoms with E-state index in [1.807, 2.05) is 37.3 Å². The Bertz CT molecular complexity index is 788. The molecule has 1 heterocycles. The van der Waals surface area contributed by atoms with Gasteiger partial charge in [-0.3, -0.25) is 0 Å². The summed E-state index contributed by atoms with van der Waals surface area (Å²) in [4.78, 5) is 12.6. The van der Waals surface area contributed by atoms with Gasteiger partial charge >= 0.3 is 12.2 Å². The fourth-order valence-electron chi connectivity index (χ4n) is 3.59. The number of benzene rings is 2. The first-order chi connectivity index (χ1) is 13.8. The Morgan fingerprint density at radius 2 is 1.79 bits per heavy atom. The molecule has 156 valence electrons. The van der Waals surface area contributed by atoms with Crippen LogP contribution in [0.25, 0.3) is 0 Å². The van der Waals surface area contributed by atoms with Crippen molar-refractivity contribution in [2.45, 2.75) is 38.0 Å². The molecule has 29 heavy (non-hydrogen) atoms. The molecule has 3 unspecified atom stereocenters. The van der Waals surface area contributed by atoms with Crippen molar-refractivity contribution in [3.8, 4) is 0 Å². The van der Waals surface area contributed by atoms with Crippen LogP contribution in [0, 0.1) is 5.92 Å². The molecule has 4 nitrogen and oxygen atoms in total. The van der Waals surface area contributed by atoms with Gasteiger partial charge in [0.25, 0.3) is 0 Å². The fraction of sp³-hybridized carbons (Fsp3) is 0.409. The van der Waals surface area contributed by atoms with Crippen LogP contribution in [0.1, 0.15) is 36.1 Å². The van der Waals surface area contributed by atoms with E-state index in [-0.39, 0.29) is 24.0 Å². The molecule has 0 saturated carbocycles. The summed E-state index contributed by atoms with van der Waals surface area (Å²) in [6.07, 6.45) is -3.03. The molecule has 2 amide bonds. The SMILES string of the molecule is CC(Cc1ccc(C(F)(F)F)cc1)NC(=O)NC(c1ccccc1)C1CCOC1. The molecule has 3 atom stereocenters. The Labute approximate surface area is 168 Å². The van der Waals surface area contributed by atoms with E-state index in [9.17, 15) is 18.0 Å². The number of nitrogens with one attached hydrogen (secondary N) is 2. The number of carbonyl (C=O) groups is 1. The van der Waals surface area contributed by atoms with Crippen molar-refractivity contribution >= 4 is 6.03 Å². The average molecular weight is 406 g/mol. The van der Waals surface area contributed by atoms with Gasteiger partial charge in [0, 0.05) is 18.6 Å². The van der Waals surface area contributed by atoms with E-state index < -0.39 is 11.7 Å². The summed E-state index contributed by atoms with van der Waals surface area (Å²) in [5, 5.41) is 5.93. The standard InChI is InChI=1S/C22H25F3N2O2/c1-15(13-16-7-9-19(10-8-16)22(23,24)25)26-21(28)27-20(18-11-12-29-14-18)17-5-3-2-4-6-17/h2-10,15,18,20H,11-14H2,1H3,(H2,26,27,28). The van der Waals surface area contributed by atoms with Crippen molar-refractivity contribution in [1.29, 1.82) is 0 Å². The third-order valence-corrected chi connectivity index (χ3v) is 5.08. The van der Waals surface area contributed by atoms with Gasteiger partial charge in [-0.25, -0.2) is 4.79 Å². The second kappa shape index (κ2) is 9.31. The Morgan fingerprint density at radius 3 is 2.38 bits per heavy atom. The zero-order valence-corrected chi connectivity index (χ0v) is 16.2. The summed E-state index contributed by atoms with van der Waals surface area (Å²) in [5.74, 6) is 0.202. The molecule has 2 aromatic rings. The predicted molar refractivity (Wildman–Crippen MR) is 104 cm³/mol. The van der Waals surface area contributed by atoms with E-state index >= 15 is 0 Å². The number of halogens is 3. The summed E-state index contributed by atoms with van der Waals surface area (Å²) in [6, 6.07) is 14.1. The van der Waals surface area contributed by atoms with E-state index in [1.165, 1.54) is 12.1 Å². The Morgan fingerprint density at radius 1 is 1.10 bits per heavy atom. The lowest BCUT2D eigenvalue weighted by atomic mass is 9.92. The lowest BCUT2D eigenvalue weighted by Gasteiger charge is -2.25. The normalized spacial score (nSPS) is 18.8. The van der Waals surface area contributed by atoms with Crippen LogP contribution >= 0.6 is 0 Å². The molecular formula is C22H25F3N2O2. The van der Waals surface area contributed by atoms with Crippen LogP contribution in [0.2, 0.25) is 0 Å². The molecule has 3 rings (SSSR count). The molecule has 2 aromatic carbocycles. The van der Waals surface area contributed by atoms with Gasteiger partial charge in [0.15, 0.2) is 0 Å². The molecule has 1 aliphatic rings. The van der Waals surface area contributed by atoms with E-state index in [2.05, 4.69) is 10.6 Å². The number of carbonyl (C=O) groups excluding carboxylic acids is 1. The second-order valence-electron chi connectivity index (χ2n) is 7.43. The summed E-state index contributed by atoms with van der Waals surface area (Å²) in [5.41, 5.74) is 1.08. The van der Waals surface area contributed by atoms with Crippen molar-refractivity contribution in [3.63, 3.8) is 0 Å². The number of amides is 2. The summed E-state index contributed by atoms with van der Waals surface area (Å²) in [6.45, 7) is 3.11. The molecule has 0 bridgehead atoms. The molecule has 1 aliphatic heterocycles. The van der Waals surface area contributed by atoms with Crippen molar-refractivity contribution in [2.24, 2.45) is 5.92 Å². The first-order valence-corrected chi connectivity index (χ1v) is 9.69. The van der Waals surface area contributed by atoms with Gasteiger partial charge < -0.3 is 15.4 Å². The minimum absolute atomic E-state index is 0.156. The van der Waals surface area contributed by atoms with Gasteiger partial charge in [-0.15, -0.1) is 0 Å². The summed E-state index contributed by atoms with van der Waals surface area (Å²) in [7, 11) is 0. The Balaban J connectivity index is 1.58. The lowest BCUT2D eigenvalue weighted by molar-refractivity contribution is -0.137. The number of rotatable bonds is 6. The quantitative estimate of drug-likeness (QED) is 0.730. The molecule has 2 N–H and O–H groups in total. The van der Waals surface area contributed by atoms with Crippen LogP contribution in [0.4, 0.5) is 18.0 Å². The van der Waals surface area contributed by atoms with Crippen molar-refractivity contribution < 1.29 is 22.7 Å². The highest BCUT2D eigenvalue weighted by atomic mass is 19.4. The minimum Gasteiger partial charge on any atom is -0.381 e. The maximum atomic E-state index is 12.7. The molecule has 0 radical (unpaired) electrons. The van der Waals surface area contributed by atoms with Crippen LogP contribution in [0.15, 0.2) is 54.6 Å². The third-order valence-electron chi connectivity index (χ3n) is 5.08. The topological polar surface area (TPSA) is 50.4 Å². The van der Waals surface area contributed by atoms with Crippen LogP contribution in [-0.2, 0) is 17.3 Å². The Kier molecular flexibility index (Phi) is 6.79. The summed E-state index contributed by atoms with van der Waals surface area (Å²) < 4.78 is 43.5. The maximum absolute atomic E-state index is 12.7. The lowest BCUT2D eigenvalue weighted by Crippen LogP contribution is -2.45. The molecule has 0 spiro atoms. The highest BCUT2D eigenvalue weighted by molar-refractivity contribution is 5.74. The first-order valence-electron chi connectivity index (χ1n) is 9.69. The highest BCUT2D eigenvalue weighted by Gasteiger charge is 2.30. The predicted octanol–water partition coefficient (Wildman–Crippen LogP) is 4.71. The smallest absolute Gasteiger partial charge is 0.381 e. The number of alkyl halides is 3. The zero-order valence-electron chi connectivity index (χ0n) is 16.2. The van der Waals surface area contributed by atoms with Crippen molar-refractivity contribution in [2.75, 3.05) is 13.2 Å². The van der Waals surface area contributed by atoms with E-state index in [0.717, 1.165) is 29.7 Å². The minimum atomic E-state index is -4.35. The first kappa shape index (κ1) is 21.2. The number of hydrogen-bond donors (Lipinski definition) is 2. The van der Waals surface area contributed by atoms with Gasteiger partial charge in [0.2, 0.25) is 0 Å². The molecule has 7 heteroatoms. The maximum Gasteiger partial charge on any atom is 0.416 e. The van der Waals surface area contributed by atoms with Gasteiger partial charge in [-0.2, -0.15) is 13.2 Å². The van der Waals surface area contributed by atoms with Gasteiger partial charge in [-0.1, -0.05) is 42.5 Å². The zero-order chi connectivity index (χ0) is 20.9. The largest absolute Gasteiger partial charge is 0.416 e. The van der Waals surface area contributed by atoms with E-state index in [0.29, 0.717) is 19.6 Å². The fourth-order valence-corrected chi connectivity index (χ4v) is 3.59. The van der Waals surface area contributed by atoms with Gasteiger partial charge in [0.05, 0.1) is 18.2 Å². The highest BCUT2D eigenvalue weighted by Crippen LogP contribution is 2.30. The monoisotopic (exact) mass is 406 g/mol. The van der Waals surface area contributed by atoms with Gasteiger partial charge in [0.1, 0.15) is 0 Å². The number of urea groups is 1. The van der Waals surface area contributed by atoms with E-state index in [4.69, 9.17) is 4.74 Å². The van der Waals surface area contributed by atoms with Gasteiger partial charge in [-0.05, 0) is 43.0 Å². The van der Waals surface area contributed by atoms with Crippen molar-refractivity contribution in [3.05, 3.63) is 71.3 Å². The van der Waals surface area contributed by atoms with Crippen molar-refractivity contribution in [1.82, 2.24) is 10.6 Å².